The monoisotopic (exact) mass is 199 g/mol. The number of hydrogen-bond donors (Lipinski definition) is 1. The molecule has 76 valence electrons. The van der Waals surface area contributed by atoms with Crippen molar-refractivity contribution in [1.29, 1.82) is 0 Å². The first kappa shape index (κ1) is 9.87. The van der Waals surface area contributed by atoms with Crippen molar-refractivity contribution in [1.82, 2.24) is 0 Å². The largest absolute Gasteiger partial charge is 0.330 e. The maximum Gasteiger partial charge on any atom is 0.150 e. The molecule has 2 rings (SSSR count). The molecule has 2 N–H and O–H groups in total. The Labute approximate surface area is 88.7 Å². The Bertz CT molecular complexity index is 491. The smallest absolute Gasteiger partial charge is 0.150 e. The Kier molecular flexibility index (Phi) is 2.79. The van der Waals surface area contributed by atoms with Crippen LogP contribution in [0.5, 0.6) is 0 Å². The molecular weight excluding hydrogens is 186 g/mol. The molecule has 2 aromatic carbocycles. The summed E-state index contributed by atoms with van der Waals surface area (Å²) in [5.41, 5.74) is 7.47. The molecule has 0 fully saturated rings. The second-order valence-corrected chi connectivity index (χ2v) is 3.55. The van der Waals surface area contributed by atoms with Gasteiger partial charge in [0.1, 0.15) is 6.29 Å². The zero-order valence-electron chi connectivity index (χ0n) is 8.44. The van der Waals surface area contributed by atoms with Crippen LogP contribution in [0.15, 0.2) is 36.4 Å². The molecular formula is C13H13NO. The first-order chi connectivity index (χ1) is 7.35. The van der Waals surface area contributed by atoms with Crippen molar-refractivity contribution >= 4 is 17.1 Å². The summed E-state index contributed by atoms with van der Waals surface area (Å²) in [5, 5.41) is 2.29. The summed E-state index contributed by atoms with van der Waals surface area (Å²) >= 11 is 0. The fourth-order valence-corrected chi connectivity index (χ4v) is 1.80. The van der Waals surface area contributed by atoms with Crippen molar-refractivity contribution in [3.8, 4) is 0 Å². The Morgan fingerprint density at radius 2 is 2.07 bits per heavy atom. The predicted octanol–water partition coefficient (Wildman–Crippen LogP) is 2.15. The highest BCUT2D eigenvalue weighted by Crippen LogP contribution is 2.20. The predicted molar refractivity (Wildman–Crippen MR) is 62.1 cm³/mol. The van der Waals surface area contributed by atoms with Gasteiger partial charge in [-0.25, -0.2) is 0 Å². The Morgan fingerprint density at radius 1 is 1.20 bits per heavy atom. The first-order valence-electron chi connectivity index (χ1n) is 5.02. The van der Waals surface area contributed by atoms with Gasteiger partial charge in [0.15, 0.2) is 0 Å². The summed E-state index contributed by atoms with van der Waals surface area (Å²) in [6, 6.07) is 11.9. The Hall–Kier alpha value is -1.67. The van der Waals surface area contributed by atoms with Crippen LogP contribution >= 0.6 is 0 Å². The van der Waals surface area contributed by atoms with Gasteiger partial charge in [0, 0.05) is 5.56 Å². The van der Waals surface area contributed by atoms with E-state index in [9.17, 15) is 4.79 Å². The van der Waals surface area contributed by atoms with E-state index in [0.29, 0.717) is 12.1 Å². The summed E-state index contributed by atoms with van der Waals surface area (Å²) in [6.07, 6.45) is 1.72. The molecule has 2 aromatic rings. The molecule has 0 saturated carbocycles. The van der Waals surface area contributed by atoms with Crippen LogP contribution in [0.3, 0.4) is 0 Å². The second-order valence-electron chi connectivity index (χ2n) is 3.55. The van der Waals surface area contributed by atoms with Crippen LogP contribution in [0.2, 0.25) is 0 Å². The molecule has 0 aliphatic rings. The molecule has 15 heavy (non-hydrogen) atoms. The van der Waals surface area contributed by atoms with E-state index in [-0.39, 0.29) is 0 Å². The van der Waals surface area contributed by atoms with Gasteiger partial charge in [0.05, 0.1) is 0 Å². The molecule has 2 nitrogen and oxygen atoms in total. The zero-order chi connectivity index (χ0) is 10.7. The average molecular weight is 199 g/mol. The van der Waals surface area contributed by atoms with Gasteiger partial charge in [-0.3, -0.25) is 4.79 Å². The Morgan fingerprint density at radius 3 is 2.80 bits per heavy atom. The molecule has 0 heterocycles. The van der Waals surface area contributed by atoms with Crippen LogP contribution in [0.1, 0.15) is 15.9 Å². The lowest BCUT2D eigenvalue weighted by Gasteiger charge is -2.05. The van der Waals surface area contributed by atoms with E-state index in [1.165, 1.54) is 5.56 Å². The quantitative estimate of drug-likeness (QED) is 0.770. The lowest BCUT2D eigenvalue weighted by atomic mass is 10.0. The molecule has 0 aromatic heterocycles. The zero-order valence-corrected chi connectivity index (χ0v) is 8.44. The lowest BCUT2D eigenvalue weighted by Crippen LogP contribution is -2.03. The van der Waals surface area contributed by atoms with Crippen LogP contribution in [-0.2, 0) is 6.42 Å². The van der Waals surface area contributed by atoms with Gasteiger partial charge < -0.3 is 5.73 Å². The number of hydrogen-bond acceptors (Lipinski definition) is 2. The third kappa shape index (κ3) is 1.90. The van der Waals surface area contributed by atoms with E-state index in [1.807, 2.05) is 30.3 Å². The molecule has 0 radical (unpaired) electrons. The lowest BCUT2D eigenvalue weighted by molar-refractivity contribution is 0.112. The van der Waals surface area contributed by atoms with E-state index in [1.54, 1.807) is 0 Å². The molecule has 0 aliphatic heterocycles. The minimum Gasteiger partial charge on any atom is -0.330 e. The van der Waals surface area contributed by atoms with E-state index >= 15 is 0 Å². The van der Waals surface area contributed by atoms with Gasteiger partial charge in [-0.05, 0) is 35.4 Å². The minimum absolute atomic E-state index is 0.629. The molecule has 0 spiro atoms. The normalized spacial score (nSPS) is 10.5. The van der Waals surface area contributed by atoms with Crippen molar-refractivity contribution in [2.45, 2.75) is 6.42 Å². The van der Waals surface area contributed by atoms with Gasteiger partial charge >= 0.3 is 0 Å². The fraction of sp³-hybridized carbons (Fsp3) is 0.154. The van der Waals surface area contributed by atoms with Crippen LogP contribution in [0.4, 0.5) is 0 Å². The number of benzene rings is 2. The maximum absolute atomic E-state index is 10.7. The van der Waals surface area contributed by atoms with Crippen LogP contribution in [0, 0.1) is 0 Å². The summed E-state index contributed by atoms with van der Waals surface area (Å²) in [5.74, 6) is 0. The van der Waals surface area contributed by atoms with Crippen molar-refractivity contribution < 1.29 is 4.79 Å². The number of carbonyl (C=O) groups is 1. The standard InChI is InChI=1S/C13H13NO/c14-7-6-12-3-1-2-11-5-4-10(9-15)8-13(11)12/h1-5,8-9H,6-7,14H2. The number of carbonyl (C=O) groups excluding carboxylic acids is 1. The minimum atomic E-state index is 0.629. The molecule has 2 heteroatoms. The second kappa shape index (κ2) is 4.24. The van der Waals surface area contributed by atoms with Crippen molar-refractivity contribution in [3.63, 3.8) is 0 Å². The SMILES string of the molecule is NCCc1cccc2ccc(C=O)cc12. The summed E-state index contributed by atoms with van der Waals surface area (Å²) in [4.78, 5) is 10.7. The van der Waals surface area contributed by atoms with Crippen molar-refractivity contribution in [3.05, 3.63) is 47.5 Å². The number of rotatable bonds is 3. The van der Waals surface area contributed by atoms with Gasteiger partial charge in [-0.15, -0.1) is 0 Å². The topological polar surface area (TPSA) is 43.1 Å². The number of aldehydes is 1. The van der Waals surface area contributed by atoms with Crippen molar-refractivity contribution in [2.24, 2.45) is 5.73 Å². The highest BCUT2D eigenvalue weighted by molar-refractivity contribution is 5.91. The first-order valence-corrected chi connectivity index (χ1v) is 5.02. The van der Waals surface area contributed by atoms with E-state index in [4.69, 9.17) is 5.73 Å². The summed E-state index contributed by atoms with van der Waals surface area (Å²) in [6.45, 7) is 0.629. The maximum atomic E-state index is 10.7. The van der Waals surface area contributed by atoms with Crippen LogP contribution < -0.4 is 5.73 Å². The van der Waals surface area contributed by atoms with E-state index in [0.717, 1.165) is 23.5 Å². The third-order valence-electron chi connectivity index (χ3n) is 2.55. The van der Waals surface area contributed by atoms with Crippen molar-refractivity contribution in [2.75, 3.05) is 6.54 Å². The number of fused-ring (bicyclic) bond motifs is 1. The van der Waals surface area contributed by atoms with Crippen LogP contribution in [-0.4, -0.2) is 12.8 Å². The molecule has 0 unspecified atom stereocenters. The number of nitrogens with two attached hydrogens (primary N) is 1. The van der Waals surface area contributed by atoms with Gasteiger partial charge in [0.2, 0.25) is 0 Å². The van der Waals surface area contributed by atoms with E-state index in [2.05, 4.69) is 6.07 Å². The third-order valence-corrected chi connectivity index (χ3v) is 2.55. The summed E-state index contributed by atoms with van der Waals surface area (Å²) in [7, 11) is 0. The highest BCUT2D eigenvalue weighted by Gasteiger charge is 2.00. The molecule has 0 aliphatic carbocycles. The highest BCUT2D eigenvalue weighted by atomic mass is 16.1. The molecule has 0 atom stereocenters. The Balaban J connectivity index is 2.64. The van der Waals surface area contributed by atoms with Crippen LogP contribution in [0.25, 0.3) is 10.8 Å². The van der Waals surface area contributed by atoms with Gasteiger partial charge in [-0.1, -0.05) is 30.3 Å². The summed E-state index contributed by atoms with van der Waals surface area (Å²) < 4.78 is 0. The van der Waals surface area contributed by atoms with Gasteiger partial charge in [-0.2, -0.15) is 0 Å². The van der Waals surface area contributed by atoms with Gasteiger partial charge in [0.25, 0.3) is 0 Å². The molecule has 0 bridgehead atoms. The molecule has 0 saturated heterocycles. The molecule has 0 amide bonds. The fourth-order valence-electron chi connectivity index (χ4n) is 1.80. The average Bonchev–Trinajstić information content (AvgIpc) is 2.29. The van der Waals surface area contributed by atoms with E-state index < -0.39 is 0 Å².